The number of amides is 1. The molecule has 1 aromatic carbocycles. The normalized spacial score (nSPS) is 18.6. The molecule has 2 aromatic heterocycles. The summed E-state index contributed by atoms with van der Waals surface area (Å²) in [6.07, 6.45) is -1.93. The number of rotatable bonds is 7. The van der Waals surface area contributed by atoms with Crippen LogP contribution in [0, 0.1) is 5.92 Å². The minimum absolute atomic E-state index is 0.000450. The highest BCUT2D eigenvalue weighted by molar-refractivity contribution is 5.79. The lowest BCUT2D eigenvalue weighted by Crippen LogP contribution is -2.37. The fourth-order valence-corrected chi connectivity index (χ4v) is 4.59. The van der Waals surface area contributed by atoms with Crippen molar-refractivity contribution in [2.75, 3.05) is 62.7 Å². The Balaban J connectivity index is 1.48. The van der Waals surface area contributed by atoms with Gasteiger partial charge in [0, 0.05) is 38.8 Å². The average Bonchev–Trinajstić information content (AvgIpc) is 3.52. The van der Waals surface area contributed by atoms with Crippen molar-refractivity contribution in [2.45, 2.75) is 12.8 Å². The van der Waals surface area contributed by atoms with Gasteiger partial charge < -0.3 is 25.6 Å². The first kappa shape index (κ1) is 23.4. The quantitative estimate of drug-likeness (QED) is 0.520. The van der Waals surface area contributed by atoms with E-state index in [4.69, 9.17) is 10.5 Å². The monoisotopic (exact) mass is 486 g/mol. The van der Waals surface area contributed by atoms with Crippen molar-refractivity contribution < 1.29 is 18.3 Å². The SMILES string of the molecule is NCC(=O)N1CC[C@H](CNc2nc(N3CCOCC3)cc(-n3c(C(F)F)nc4ccccc43)n2)C1. The maximum atomic E-state index is 14.0. The van der Waals surface area contributed by atoms with E-state index in [0.29, 0.717) is 74.6 Å². The zero-order chi connectivity index (χ0) is 24.4. The third kappa shape index (κ3) is 4.89. The van der Waals surface area contributed by atoms with Crippen LogP contribution < -0.4 is 16.0 Å². The number of hydrogen-bond donors (Lipinski definition) is 2. The van der Waals surface area contributed by atoms with Crippen LogP contribution in [0.25, 0.3) is 16.9 Å². The smallest absolute Gasteiger partial charge is 0.296 e. The van der Waals surface area contributed by atoms with Crippen molar-refractivity contribution >= 4 is 28.7 Å². The Labute approximate surface area is 201 Å². The predicted octanol–water partition coefficient (Wildman–Crippen LogP) is 1.81. The van der Waals surface area contributed by atoms with Gasteiger partial charge in [0.2, 0.25) is 11.9 Å². The number of aromatic nitrogens is 4. The van der Waals surface area contributed by atoms with Crippen molar-refractivity contribution in [1.29, 1.82) is 0 Å². The minimum atomic E-state index is -2.77. The van der Waals surface area contributed by atoms with Gasteiger partial charge in [-0.3, -0.25) is 9.36 Å². The highest BCUT2D eigenvalue weighted by Crippen LogP contribution is 2.29. The molecule has 0 unspecified atom stereocenters. The van der Waals surface area contributed by atoms with E-state index >= 15 is 0 Å². The molecular formula is C23H28F2N8O2. The first-order chi connectivity index (χ1) is 17.0. The molecule has 1 amide bonds. The lowest BCUT2D eigenvalue weighted by molar-refractivity contribution is -0.128. The molecule has 12 heteroatoms. The first-order valence-corrected chi connectivity index (χ1v) is 11.7. The third-order valence-corrected chi connectivity index (χ3v) is 6.41. The fraction of sp³-hybridized carbons (Fsp3) is 0.478. The second-order valence-corrected chi connectivity index (χ2v) is 8.68. The molecule has 3 N–H and O–H groups in total. The van der Waals surface area contributed by atoms with Crippen molar-refractivity contribution in [3.63, 3.8) is 0 Å². The van der Waals surface area contributed by atoms with Crippen LogP contribution in [0.5, 0.6) is 0 Å². The van der Waals surface area contributed by atoms with Crippen LogP contribution in [0.4, 0.5) is 20.5 Å². The number of nitrogens with two attached hydrogens (primary N) is 1. The second-order valence-electron chi connectivity index (χ2n) is 8.68. The Morgan fingerprint density at radius 3 is 2.69 bits per heavy atom. The molecule has 2 fully saturated rings. The van der Waals surface area contributed by atoms with Gasteiger partial charge in [0.25, 0.3) is 6.43 Å². The van der Waals surface area contributed by atoms with Gasteiger partial charge in [-0.25, -0.2) is 13.8 Å². The number of benzene rings is 1. The summed E-state index contributed by atoms with van der Waals surface area (Å²) in [6, 6.07) is 8.72. The Hall–Kier alpha value is -3.38. The van der Waals surface area contributed by atoms with Crippen LogP contribution in [0.15, 0.2) is 30.3 Å². The highest BCUT2D eigenvalue weighted by Gasteiger charge is 2.26. The van der Waals surface area contributed by atoms with Crippen molar-refractivity contribution in [2.24, 2.45) is 11.7 Å². The number of para-hydroxylation sites is 2. The van der Waals surface area contributed by atoms with E-state index in [1.807, 2.05) is 0 Å². The number of morpholine rings is 1. The van der Waals surface area contributed by atoms with E-state index in [-0.39, 0.29) is 24.2 Å². The summed E-state index contributed by atoms with van der Waals surface area (Å²) in [5, 5.41) is 3.27. The molecule has 0 saturated carbocycles. The fourth-order valence-electron chi connectivity index (χ4n) is 4.59. The number of carbonyl (C=O) groups is 1. The number of nitrogens with zero attached hydrogens (tertiary/aromatic N) is 6. The number of likely N-dealkylation sites (tertiary alicyclic amines) is 1. The molecule has 186 valence electrons. The Bertz CT molecular complexity index is 1200. The van der Waals surface area contributed by atoms with Gasteiger partial charge in [0.05, 0.1) is 30.8 Å². The zero-order valence-corrected chi connectivity index (χ0v) is 19.2. The number of anilines is 2. The molecule has 2 aliphatic rings. The van der Waals surface area contributed by atoms with Gasteiger partial charge in [0.15, 0.2) is 5.82 Å². The summed E-state index contributed by atoms with van der Waals surface area (Å²) in [5.41, 5.74) is 6.50. The van der Waals surface area contributed by atoms with Crippen LogP contribution in [0.3, 0.4) is 0 Å². The zero-order valence-electron chi connectivity index (χ0n) is 19.2. The van der Waals surface area contributed by atoms with Crippen molar-refractivity contribution in [3.8, 4) is 5.82 Å². The summed E-state index contributed by atoms with van der Waals surface area (Å²) in [4.78, 5) is 29.1. The molecule has 5 rings (SSSR count). The van der Waals surface area contributed by atoms with E-state index in [2.05, 4.69) is 25.2 Å². The molecule has 4 heterocycles. The first-order valence-electron chi connectivity index (χ1n) is 11.7. The van der Waals surface area contributed by atoms with E-state index in [1.165, 1.54) is 4.57 Å². The molecule has 0 radical (unpaired) electrons. The number of nitrogens with one attached hydrogen (secondary N) is 1. The molecule has 3 aromatic rings. The second kappa shape index (κ2) is 10.1. The number of hydrogen-bond acceptors (Lipinski definition) is 8. The van der Waals surface area contributed by atoms with Crippen LogP contribution in [0.1, 0.15) is 18.7 Å². The van der Waals surface area contributed by atoms with E-state index in [0.717, 1.165) is 6.42 Å². The molecule has 2 saturated heterocycles. The predicted molar refractivity (Wildman–Crippen MR) is 127 cm³/mol. The maximum Gasteiger partial charge on any atom is 0.296 e. The van der Waals surface area contributed by atoms with Crippen molar-refractivity contribution in [3.05, 3.63) is 36.2 Å². The van der Waals surface area contributed by atoms with Gasteiger partial charge in [-0.1, -0.05) is 12.1 Å². The number of alkyl halides is 2. The summed E-state index contributed by atoms with van der Waals surface area (Å²) < 4.78 is 34.8. The lowest BCUT2D eigenvalue weighted by Gasteiger charge is -2.28. The Morgan fingerprint density at radius 2 is 1.91 bits per heavy atom. The largest absolute Gasteiger partial charge is 0.378 e. The number of halogens is 2. The van der Waals surface area contributed by atoms with E-state index in [9.17, 15) is 13.6 Å². The standard InChI is InChI=1S/C23H28F2N8O2/c24-21(25)22-28-16-3-1-2-4-17(16)33(22)19-11-18(31-7-9-35-10-8-31)29-23(30-19)27-13-15-5-6-32(14-15)20(34)12-26/h1-4,11,15,21H,5-10,12-14,26H2,(H,27,29,30)/t15-/m1/s1. The number of ether oxygens (including phenoxy) is 1. The summed E-state index contributed by atoms with van der Waals surface area (Å²) in [5.74, 6) is 1.08. The Morgan fingerprint density at radius 1 is 1.14 bits per heavy atom. The highest BCUT2D eigenvalue weighted by atomic mass is 19.3. The third-order valence-electron chi connectivity index (χ3n) is 6.41. The number of carbonyl (C=O) groups excluding carboxylic acids is 1. The topological polar surface area (TPSA) is 114 Å². The van der Waals surface area contributed by atoms with Crippen molar-refractivity contribution in [1.82, 2.24) is 24.4 Å². The molecule has 2 aliphatic heterocycles. The van der Waals surface area contributed by atoms with E-state index < -0.39 is 6.43 Å². The molecule has 1 atom stereocenters. The molecule has 0 bridgehead atoms. The van der Waals surface area contributed by atoms with Gasteiger partial charge in [-0.2, -0.15) is 9.97 Å². The van der Waals surface area contributed by atoms with Gasteiger partial charge >= 0.3 is 0 Å². The minimum Gasteiger partial charge on any atom is -0.378 e. The molecule has 10 nitrogen and oxygen atoms in total. The summed E-state index contributed by atoms with van der Waals surface area (Å²) >= 11 is 0. The van der Waals surface area contributed by atoms with Crippen LogP contribution >= 0.6 is 0 Å². The molecule has 35 heavy (non-hydrogen) atoms. The molecule has 0 aliphatic carbocycles. The van der Waals surface area contributed by atoms with Gasteiger partial charge in [-0.15, -0.1) is 0 Å². The lowest BCUT2D eigenvalue weighted by atomic mass is 10.1. The Kier molecular flexibility index (Phi) is 6.73. The summed E-state index contributed by atoms with van der Waals surface area (Å²) in [6.45, 7) is 4.23. The van der Waals surface area contributed by atoms with Crippen LogP contribution in [0.2, 0.25) is 0 Å². The van der Waals surface area contributed by atoms with E-state index in [1.54, 1.807) is 35.2 Å². The average molecular weight is 487 g/mol. The number of fused-ring (bicyclic) bond motifs is 1. The molecular weight excluding hydrogens is 458 g/mol. The van der Waals surface area contributed by atoms with Crippen LogP contribution in [-0.4, -0.2) is 82.8 Å². The number of imidazole rings is 1. The van der Waals surface area contributed by atoms with Gasteiger partial charge in [0.1, 0.15) is 11.6 Å². The summed E-state index contributed by atoms with van der Waals surface area (Å²) in [7, 11) is 0. The van der Waals surface area contributed by atoms with Crippen LogP contribution in [-0.2, 0) is 9.53 Å². The maximum absolute atomic E-state index is 14.0. The van der Waals surface area contributed by atoms with Gasteiger partial charge in [-0.05, 0) is 24.5 Å². The molecule has 0 spiro atoms.